The molecule has 2 aliphatic rings. The second kappa shape index (κ2) is 5.67. The lowest BCUT2D eigenvalue weighted by molar-refractivity contribution is 0.452. The van der Waals surface area contributed by atoms with Crippen molar-refractivity contribution in [2.75, 3.05) is 12.3 Å². The quantitative estimate of drug-likeness (QED) is 0.846. The van der Waals surface area contributed by atoms with E-state index < -0.39 is 15.4 Å². The Morgan fingerprint density at radius 2 is 1.96 bits per heavy atom. The van der Waals surface area contributed by atoms with Gasteiger partial charge >= 0.3 is 0 Å². The van der Waals surface area contributed by atoms with Crippen molar-refractivity contribution in [3.8, 4) is 17.1 Å². The second-order valence-electron chi connectivity index (χ2n) is 6.92. The Balaban J connectivity index is 1.61. The van der Waals surface area contributed by atoms with Gasteiger partial charge in [-0.1, -0.05) is 12.1 Å². The third-order valence-electron chi connectivity index (χ3n) is 4.87. The van der Waals surface area contributed by atoms with Crippen LogP contribution in [0.3, 0.4) is 0 Å². The van der Waals surface area contributed by atoms with Crippen molar-refractivity contribution in [2.45, 2.75) is 19.4 Å². The molecule has 6 nitrogen and oxygen atoms in total. The van der Waals surface area contributed by atoms with Crippen LogP contribution in [0.2, 0.25) is 0 Å². The number of aliphatic imine (C=N–C) groups is 1. The molecule has 0 radical (unpaired) electrons. The van der Waals surface area contributed by atoms with Crippen molar-refractivity contribution in [1.82, 2.24) is 10.3 Å². The molecule has 0 saturated heterocycles. The number of hydrogen-bond acceptors (Lipinski definition) is 6. The molecule has 0 fully saturated rings. The molecule has 1 aromatic heterocycles. The number of aryl methyl sites for hydroxylation is 2. The molecule has 2 N–H and O–H groups in total. The summed E-state index contributed by atoms with van der Waals surface area (Å²) in [6.45, 7) is 4.40. The Kier molecular flexibility index (Phi) is 3.66. The number of rotatable bonds is 2. The lowest BCUT2D eigenvalue weighted by Gasteiger charge is -2.20. The number of benzene rings is 1. The van der Waals surface area contributed by atoms with Gasteiger partial charge in [-0.25, -0.2) is 13.4 Å². The average Bonchev–Trinajstić information content (AvgIpc) is 3.12. The number of aromatic hydroxyl groups is 1. The van der Waals surface area contributed by atoms with Crippen molar-refractivity contribution in [3.63, 3.8) is 0 Å². The van der Waals surface area contributed by atoms with Gasteiger partial charge in [0, 0.05) is 11.0 Å². The van der Waals surface area contributed by atoms with Crippen LogP contribution in [0, 0.1) is 13.8 Å². The molecular formula is C19H19N3O3S. The molecule has 1 aromatic carbocycles. The molecule has 0 aliphatic carbocycles. The van der Waals surface area contributed by atoms with E-state index in [-0.39, 0.29) is 11.6 Å². The molecule has 1 spiro atoms. The fraction of sp³-hybridized carbons (Fsp3) is 0.263. The van der Waals surface area contributed by atoms with Gasteiger partial charge in [0.1, 0.15) is 5.84 Å². The summed E-state index contributed by atoms with van der Waals surface area (Å²) in [5, 5.41) is 14.8. The Labute approximate surface area is 152 Å². The SMILES string of the molecule is Cc1ccc(-c2ccc(C3=NCC4(C=CS(=O)(=O)C4)N3)c(O)n2)cc1C. The molecule has 26 heavy (non-hydrogen) atoms. The topological polar surface area (TPSA) is 91.7 Å². The molecule has 1 unspecified atom stereocenters. The van der Waals surface area contributed by atoms with E-state index in [1.54, 1.807) is 12.1 Å². The first-order valence-corrected chi connectivity index (χ1v) is 10.0. The van der Waals surface area contributed by atoms with Crippen molar-refractivity contribution in [2.24, 2.45) is 4.99 Å². The number of nitrogens with one attached hydrogen (secondary N) is 1. The zero-order valence-electron chi connectivity index (χ0n) is 14.5. The molecule has 1 atom stereocenters. The maximum Gasteiger partial charge on any atom is 0.222 e. The first-order chi connectivity index (χ1) is 12.3. The number of amidine groups is 1. The summed E-state index contributed by atoms with van der Waals surface area (Å²) in [5.41, 5.74) is 3.71. The maximum absolute atomic E-state index is 11.7. The standard InChI is InChI=1S/C19H19N3O3S/c1-12-3-4-14(9-13(12)2)16-6-5-15(18(23)21-16)17-20-10-19(22-17)7-8-26(24,25)11-19/h3-9H,10-11H2,1-2H3,(H,20,22)(H,21,23). The second-order valence-corrected chi connectivity index (χ2v) is 8.81. The molecule has 0 bridgehead atoms. The zero-order chi connectivity index (χ0) is 18.5. The first-order valence-electron chi connectivity index (χ1n) is 8.30. The minimum absolute atomic E-state index is 0.0259. The third kappa shape index (κ3) is 2.88. The Bertz CT molecular complexity index is 1070. The van der Waals surface area contributed by atoms with Gasteiger partial charge in [0.15, 0.2) is 9.84 Å². The first kappa shape index (κ1) is 16.8. The van der Waals surface area contributed by atoms with Gasteiger partial charge in [-0.2, -0.15) is 0 Å². The normalized spacial score (nSPS) is 23.2. The van der Waals surface area contributed by atoms with Gasteiger partial charge in [0.25, 0.3) is 0 Å². The van der Waals surface area contributed by atoms with E-state index in [2.05, 4.69) is 15.3 Å². The molecule has 2 aromatic rings. The zero-order valence-corrected chi connectivity index (χ0v) is 15.3. The fourth-order valence-electron chi connectivity index (χ4n) is 3.25. The Hall–Kier alpha value is -2.67. The van der Waals surface area contributed by atoms with Crippen molar-refractivity contribution in [3.05, 3.63) is 58.5 Å². The van der Waals surface area contributed by atoms with Gasteiger partial charge in [0.2, 0.25) is 5.88 Å². The predicted molar refractivity (Wildman–Crippen MR) is 101 cm³/mol. The highest BCUT2D eigenvalue weighted by atomic mass is 32.2. The minimum Gasteiger partial charge on any atom is -0.493 e. The summed E-state index contributed by atoms with van der Waals surface area (Å²) in [5.74, 6) is 0.305. The summed E-state index contributed by atoms with van der Waals surface area (Å²) in [6, 6.07) is 9.61. The summed E-state index contributed by atoms with van der Waals surface area (Å²) < 4.78 is 23.4. The minimum atomic E-state index is -3.20. The Morgan fingerprint density at radius 3 is 2.62 bits per heavy atom. The van der Waals surface area contributed by atoms with Crippen LogP contribution >= 0.6 is 0 Å². The molecule has 4 rings (SSSR count). The van der Waals surface area contributed by atoms with Crippen molar-refractivity contribution in [1.29, 1.82) is 0 Å². The van der Waals surface area contributed by atoms with Crippen LogP contribution in [-0.2, 0) is 9.84 Å². The summed E-state index contributed by atoms with van der Waals surface area (Å²) in [4.78, 5) is 8.69. The lowest BCUT2D eigenvalue weighted by Crippen LogP contribution is -2.46. The predicted octanol–water partition coefficient (Wildman–Crippen LogP) is 2.10. The van der Waals surface area contributed by atoms with Gasteiger partial charge in [-0.3, -0.25) is 4.99 Å². The van der Waals surface area contributed by atoms with Gasteiger partial charge in [0.05, 0.1) is 29.1 Å². The number of hydrogen-bond donors (Lipinski definition) is 2. The van der Waals surface area contributed by atoms with E-state index in [0.717, 1.165) is 11.1 Å². The van der Waals surface area contributed by atoms with E-state index >= 15 is 0 Å². The van der Waals surface area contributed by atoms with Gasteiger partial charge in [-0.05, 0) is 49.2 Å². The highest BCUT2D eigenvalue weighted by molar-refractivity contribution is 7.94. The van der Waals surface area contributed by atoms with E-state index in [1.807, 2.05) is 38.1 Å². The van der Waals surface area contributed by atoms with Crippen LogP contribution in [0.5, 0.6) is 5.88 Å². The molecule has 0 saturated carbocycles. The van der Waals surface area contributed by atoms with Crippen LogP contribution < -0.4 is 5.32 Å². The highest BCUT2D eigenvalue weighted by Crippen LogP contribution is 2.29. The van der Waals surface area contributed by atoms with Crippen LogP contribution in [-0.4, -0.2) is 42.2 Å². The van der Waals surface area contributed by atoms with Crippen LogP contribution in [0.15, 0.2) is 46.8 Å². The van der Waals surface area contributed by atoms with Crippen LogP contribution in [0.1, 0.15) is 16.7 Å². The van der Waals surface area contributed by atoms with Gasteiger partial charge < -0.3 is 10.4 Å². The summed E-state index contributed by atoms with van der Waals surface area (Å²) in [6.07, 6.45) is 1.63. The number of sulfone groups is 1. The Morgan fingerprint density at radius 1 is 1.15 bits per heavy atom. The molecule has 0 amide bonds. The number of pyridine rings is 1. The molecular weight excluding hydrogens is 350 g/mol. The highest BCUT2D eigenvalue weighted by Gasteiger charge is 2.41. The average molecular weight is 369 g/mol. The van der Waals surface area contributed by atoms with Gasteiger partial charge in [-0.15, -0.1) is 0 Å². The largest absolute Gasteiger partial charge is 0.493 e. The van der Waals surface area contributed by atoms with Crippen LogP contribution in [0.4, 0.5) is 0 Å². The fourth-order valence-corrected chi connectivity index (χ4v) is 4.79. The maximum atomic E-state index is 11.7. The lowest BCUT2D eigenvalue weighted by atomic mass is 10.0. The van der Waals surface area contributed by atoms with E-state index in [1.165, 1.54) is 11.0 Å². The van der Waals surface area contributed by atoms with Crippen molar-refractivity contribution < 1.29 is 13.5 Å². The monoisotopic (exact) mass is 369 g/mol. The number of aromatic nitrogens is 1. The molecule has 2 aliphatic heterocycles. The van der Waals surface area contributed by atoms with E-state index in [9.17, 15) is 13.5 Å². The van der Waals surface area contributed by atoms with Crippen molar-refractivity contribution >= 4 is 15.7 Å². The third-order valence-corrected chi connectivity index (χ3v) is 6.34. The summed E-state index contributed by atoms with van der Waals surface area (Å²) in [7, 11) is -3.20. The summed E-state index contributed by atoms with van der Waals surface area (Å²) >= 11 is 0. The molecule has 134 valence electrons. The van der Waals surface area contributed by atoms with E-state index in [0.29, 0.717) is 23.6 Å². The molecule has 7 heteroatoms. The van der Waals surface area contributed by atoms with Crippen LogP contribution in [0.25, 0.3) is 11.3 Å². The smallest absolute Gasteiger partial charge is 0.222 e. The number of nitrogens with zero attached hydrogens (tertiary/aromatic N) is 2. The molecule has 3 heterocycles. The van der Waals surface area contributed by atoms with E-state index in [4.69, 9.17) is 0 Å².